The number of ether oxygens (including phenoxy) is 3. The first-order valence-corrected chi connectivity index (χ1v) is 11.4. The van der Waals surface area contributed by atoms with Crippen molar-refractivity contribution in [2.45, 2.75) is 92.1 Å². The van der Waals surface area contributed by atoms with Gasteiger partial charge in [-0.3, -0.25) is 0 Å². The zero-order valence-electron chi connectivity index (χ0n) is 20.3. The highest BCUT2D eigenvalue weighted by Gasteiger charge is 2.17. The van der Waals surface area contributed by atoms with Gasteiger partial charge in [-0.2, -0.15) is 0 Å². The summed E-state index contributed by atoms with van der Waals surface area (Å²) in [5, 5.41) is 10.7. The molecule has 4 heteroatoms. The zero-order valence-corrected chi connectivity index (χ0v) is 20.3. The lowest BCUT2D eigenvalue weighted by molar-refractivity contribution is 0.0601. The van der Waals surface area contributed by atoms with Crippen molar-refractivity contribution in [1.29, 1.82) is 0 Å². The normalized spacial score (nSPS) is 12.0. The van der Waals surface area contributed by atoms with Crippen LogP contribution in [0.5, 0.6) is 11.5 Å². The van der Waals surface area contributed by atoms with Crippen LogP contribution in [-0.2, 0) is 34.5 Å². The smallest absolute Gasteiger partial charge is 0.126 e. The first kappa shape index (κ1) is 25.2. The second-order valence-corrected chi connectivity index (χ2v) is 9.34. The van der Waals surface area contributed by atoms with Crippen LogP contribution in [0.25, 0.3) is 0 Å². The van der Waals surface area contributed by atoms with Crippen LogP contribution in [-0.4, -0.2) is 23.9 Å². The van der Waals surface area contributed by atoms with Crippen LogP contribution < -0.4 is 4.74 Å². The summed E-state index contributed by atoms with van der Waals surface area (Å²) in [5.74, 6) is 1.14. The molecular weight excluding hydrogens is 388 g/mol. The summed E-state index contributed by atoms with van der Waals surface area (Å²) in [6, 6.07) is 12.4. The van der Waals surface area contributed by atoms with Crippen LogP contribution in [0, 0.1) is 0 Å². The molecule has 0 saturated heterocycles. The van der Waals surface area contributed by atoms with E-state index in [1.165, 1.54) is 5.56 Å². The Labute approximate surface area is 188 Å². The zero-order chi connectivity index (χ0) is 23.0. The molecule has 0 aromatic heterocycles. The molecule has 0 spiro atoms. The SMILES string of the molecule is CCC(C)(C)c1ccc(OCCc2cc(COC(C)C)c(O)c(COC(C)C)c2)cc1. The standard InChI is InChI=1S/C27H40O4/c1-8-27(6,7)24-9-11-25(12-10-24)29-14-13-21-15-22(17-30-19(2)3)26(28)23(16-21)18-31-20(4)5/h9-12,15-16,19-20,28H,8,13-14,17-18H2,1-7H3. The van der Waals surface area contributed by atoms with Crippen molar-refractivity contribution in [2.24, 2.45) is 0 Å². The van der Waals surface area contributed by atoms with E-state index in [9.17, 15) is 5.11 Å². The summed E-state index contributed by atoms with van der Waals surface area (Å²) < 4.78 is 17.5. The van der Waals surface area contributed by atoms with Crippen LogP contribution >= 0.6 is 0 Å². The fourth-order valence-electron chi connectivity index (χ4n) is 3.20. The molecule has 1 N–H and O–H groups in total. The lowest BCUT2D eigenvalue weighted by Crippen LogP contribution is -2.15. The number of rotatable bonds is 12. The first-order chi connectivity index (χ1) is 14.6. The third-order valence-corrected chi connectivity index (χ3v) is 5.65. The lowest BCUT2D eigenvalue weighted by Gasteiger charge is -2.23. The molecule has 0 radical (unpaired) electrons. The summed E-state index contributed by atoms with van der Waals surface area (Å²) in [6.07, 6.45) is 2.04. The number of phenols is 1. The van der Waals surface area contributed by atoms with Crippen molar-refractivity contribution in [3.63, 3.8) is 0 Å². The predicted molar refractivity (Wildman–Crippen MR) is 127 cm³/mol. The lowest BCUT2D eigenvalue weighted by atomic mass is 9.82. The Balaban J connectivity index is 2.07. The molecule has 0 unspecified atom stereocenters. The number of hydrogen-bond donors (Lipinski definition) is 1. The van der Waals surface area contributed by atoms with Crippen LogP contribution in [0.15, 0.2) is 36.4 Å². The largest absolute Gasteiger partial charge is 0.507 e. The summed E-state index contributed by atoms with van der Waals surface area (Å²) >= 11 is 0. The van der Waals surface area contributed by atoms with Gasteiger partial charge in [-0.05, 0) is 74.9 Å². The van der Waals surface area contributed by atoms with Crippen LogP contribution in [0.2, 0.25) is 0 Å². The second kappa shape index (κ2) is 11.5. The van der Waals surface area contributed by atoms with E-state index < -0.39 is 0 Å². The van der Waals surface area contributed by atoms with Gasteiger partial charge in [0.05, 0.1) is 32.0 Å². The molecule has 2 aromatic rings. The van der Waals surface area contributed by atoms with Gasteiger partial charge >= 0.3 is 0 Å². The molecule has 0 atom stereocenters. The van der Waals surface area contributed by atoms with Gasteiger partial charge in [0.25, 0.3) is 0 Å². The topological polar surface area (TPSA) is 47.9 Å². The van der Waals surface area contributed by atoms with Gasteiger partial charge in [-0.1, -0.05) is 32.9 Å². The van der Waals surface area contributed by atoms with E-state index in [4.69, 9.17) is 14.2 Å². The minimum atomic E-state index is 0.0995. The van der Waals surface area contributed by atoms with E-state index in [-0.39, 0.29) is 23.4 Å². The number of benzene rings is 2. The maximum atomic E-state index is 10.7. The van der Waals surface area contributed by atoms with E-state index in [0.717, 1.165) is 35.3 Å². The van der Waals surface area contributed by atoms with Gasteiger partial charge in [0.1, 0.15) is 11.5 Å². The second-order valence-electron chi connectivity index (χ2n) is 9.34. The van der Waals surface area contributed by atoms with Gasteiger partial charge in [-0.25, -0.2) is 0 Å². The molecular formula is C27H40O4. The minimum Gasteiger partial charge on any atom is -0.507 e. The molecule has 0 bridgehead atoms. The van der Waals surface area contributed by atoms with E-state index in [1.807, 2.05) is 52.0 Å². The molecule has 0 amide bonds. The number of hydrogen-bond acceptors (Lipinski definition) is 4. The molecule has 0 aliphatic carbocycles. The minimum absolute atomic E-state index is 0.0995. The third kappa shape index (κ3) is 7.86. The van der Waals surface area contributed by atoms with E-state index in [0.29, 0.717) is 19.8 Å². The van der Waals surface area contributed by atoms with Crippen molar-refractivity contribution in [1.82, 2.24) is 0 Å². The summed E-state index contributed by atoms with van der Waals surface area (Å²) in [5.41, 5.74) is 4.18. The molecule has 172 valence electrons. The quantitative estimate of drug-likeness (QED) is 0.416. The van der Waals surface area contributed by atoms with Crippen LogP contribution in [0.4, 0.5) is 0 Å². The monoisotopic (exact) mass is 428 g/mol. The molecule has 0 aliphatic rings. The van der Waals surface area contributed by atoms with E-state index in [2.05, 4.69) is 32.9 Å². The fraction of sp³-hybridized carbons (Fsp3) is 0.556. The predicted octanol–water partition coefficient (Wildman–Crippen LogP) is 6.55. The summed E-state index contributed by atoms with van der Waals surface area (Å²) in [7, 11) is 0. The third-order valence-electron chi connectivity index (χ3n) is 5.65. The Morgan fingerprint density at radius 3 is 1.84 bits per heavy atom. The highest BCUT2D eigenvalue weighted by molar-refractivity contribution is 5.43. The van der Waals surface area contributed by atoms with Crippen molar-refractivity contribution < 1.29 is 19.3 Å². The number of phenolic OH excluding ortho intramolecular Hbond substituents is 1. The first-order valence-electron chi connectivity index (χ1n) is 11.4. The average Bonchev–Trinajstić information content (AvgIpc) is 2.73. The van der Waals surface area contributed by atoms with Gasteiger partial charge in [0.2, 0.25) is 0 Å². The van der Waals surface area contributed by atoms with Gasteiger partial charge < -0.3 is 19.3 Å². The Hall–Kier alpha value is -2.04. The van der Waals surface area contributed by atoms with E-state index in [1.54, 1.807) is 0 Å². The summed E-state index contributed by atoms with van der Waals surface area (Å²) in [6.45, 7) is 16.0. The van der Waals surface area contributed by atoms with Crippen molar-refractivity contribution in [3.05, 3.63) is 58.7 Å². The maximum absolute atomic E-state index is 10.7. The number of aromatic hydroxyl groups is 1. The van der Waals surface area contributed by atoms with Crippen molar-refractivity contribution in [3.8, 4) is 11.5 Å². The molecule has 2 rings (SSSR count). The maximum Gasteiger partial charge on any atom is 0.126 e. The highest BCUT2D eigenvalue weighted by Crippen LogP contribution is 2.29. The average molecular weight is 429 g/mol. The molecule has 0 saturated carbocycles. The summed E-state index contributed by atoms with van der Waals surface area (Å²) in [4.78, 5) is 0. The van der Waals surface area contributed by atoms with Gasteiger partial charge in [0.15, 0.2) is 0 Å². The van der Waals surface area contributed by atoms with Crippen molar-refractivity contribution in [2.75, 3.05) is 6.61 Å². The van der Waals surface area contributed by atoms with E-state index >= 15 is 0 Å². The Bertz CT molecular complexity index is 773. The van der Waals surface area contributed by atoms with Crippen LogP contribution in [0.3, 0.4) is 0 Å². The Morgan fingerprint density at radius 1 is 0.871 bits per heavy atom. The molecule has 2 aromatic carbocycles. The highest BCUT2D eigenvalue weighted by atomic mass is 16.5. The van der Waals surface area contributed by atoms with Crippen LogP contribution in [0.1, 0.15) is 77.1 Å². The molecule has 4 nitrogen and oxygen atoms in total. The Morgan fingerprint density at radius 2 is 1.39 bits per heavy atom. The molecule has 0 fully saturated rings. The molecule has 0 heterocycles. The van der Waals surface area contributed by atoms with Gasteiger partial charge in [0, 0.05) is 17.5 Å². The fourth-order valence-corrected chi connectivity index (χ4v) is 3.20. The molecule has 31 heavy (non-hydrogen) atoms. The Kier molecular flexibility index (Phi) is 9.39. The van der Waals surface area contributed by atoms with Gasteiger partial charge in [-0.15, -0.1) is 0 Å². The van der Waals surface area contributed by atoms with Crippen molar-refractivity contribution >= 4 is 0 Å². The molecule has 0 aliphatic heterocycles.